The first kappa shape index (κ1) is 9.13. The molecule has 0 aliphatic heterocycles. The third kappa shape index (κ3) is 1.27. The molecule has 2 rings (SSSR count). The Labute approximate surface area is 83.8 Å². The average molecular weight is 207 g/mol. The lowest BCUT2D eigenvalue weighted by atomic mass is 10.2. The van der Waals surface area contributed by atoms with E-state index in [2.05, 4.69) is 0 Å². The van der Waals surface area contributed by atoms with Crippen molar-refractivity contribution in [2.45, 2.75) is 6.61 Å². The van der Waals surface area contributed by atoms with Crippen molar-refractivity contribution in [2.24, 2.45) is 0 Å². The van der Waals surface area contributed by atoms with E-state index in [0.29, 0.717) is 9.58 Å². The molecule has 0 spiro atoms. The number of aliphatic hydroxyl groups excluding tert-OH is 1. The Kier molecular flexibility index (Phi) is 2.20. The highest BCUT2D eigenvalue weighted by Crippen LogP contribution is 2.29. The fraction of sp³-hybridized carbons (Fsp3) is 0.100. The van der Waals surface area contributed by atoms with Crippen LogP contribution in [0.25, 0.3) is 10.1 Å². The van der Waals surface area contributed by atoms with Gasteiger partial charge in [-0.25, -0.2) is 4.39 Å². The Bertz CT molecular complexity index is 527. The van der Waals surface area contributed by atoms with Gasteiger partial charge >= 0.3 is 0 Å². The summed E-state index contributed by atoms with van der Waals surface area (Å²) in [5, 5.41) is 18.2. The number of nitrogens with zero attached hydrogens (tertiary/aromatic N) is 1. The molecular weight excluding hydrogens is 201 g/mol. The SMILES string of the molecule is N#Cc1ccc2cc(CO)sc2c1F. The van der Waals surface area contributed by atoms with Crippen molar-refractivity contribution < 1.29 is 9.50 Å². The van der Waals surface area contributed by atoms with Crippen LogP contribution in [-0.4, -0.2) is 5.11 Å². The fourth-order valence-corrected chi connectivity index (χ4v) is 2.24. The molecule has 1 N–H and O–H groups in total. The van der Waals surface area contributed by atoms with Crippen molar-refractivity contribution >= 4 is 21.4 Å². The van der Waals surface area contributed by atoms with Gasteiger partial charge < -0.3 is 5.11 Å². The number of hydrogen-bond donors (Lipinski definition) is 1. The maximum Gasteiger partial charge on any atom is 0.158 e. The zero-order chi connectivity index (χ0) is 10.1. The van der Waals surface area contributed by atoms with E-state index in [9.17, 15) is 4.39 Å². The van der Waals surface area contributed by atoms with Gasteiger partial charge in [0.15, 0.2) is 5.82 Å². The van der Waals surface area contributed by atoms with E-state index in [1.807, 2.05) is 0 Å². The van der Waals surface area contributed by atoms with E-state index < -0.39 is 5.82 Å². The number of hydrogen-bond acceptors (Lipinski definition) is 3. The van der Waals surface area contributed by atoms with Crippen molar-refractivity contribution in [1.82, 2.24) is 0 Å². The van der Waals surface area contributed by atoms with E-state index >= 15 is 0 Å². The molecule has 0 saturated heterocycles. The molecule has 2 aromatic rings. The smallest absolute Gasteiger partial charge is 0.158 e. The predicted molar refractivity (Wildman–Crippen MR) is 52.4 cm³/mol. The summed E-state index contributed by atoms with van der Waals surface area (Å²) >= 11 is 1.18. The van der Waals surface area contributed by atoms with Gasteiger partial charge in [-0.3, -0.25) is 0 Å². The molecule has 0 unspecified atom stereocenters. The summed E-state index contributed by atoms with van der Waals surface area (Å²) in [6.07, 6.45) is 0. The molecule has 2 nitrogen and oxygen atoms in total. The van der Waals surface area contributed by atoms with Crippen LogP contribution in [0.1, 0.15) is 10.4 Å². The summed E-state index contributed by atoms with van der Waals surface area (Å²) in [5.74, 6) is -0.491. The summed E-state index contributed by atoms with van der Waals surface area (Å²) in [6.45, 7) is -0.0966. The third-order valence-corrected chi connectivity index (χ3v) is 3.08. The van der Waals surface area contributed by atoms with Crippen molar-refractivity contribution in [3.05, 3.63) is 34.5 Å². The van der Waals surface area contributed by atoms with Crippen LogP contribution in [0.3, 0.4) is 0 Å². The molecular formula is C10H6FNOS. The van der Waals surface area contributed by atoms with Crippen LogP contribution in [0, 0.1) is 17.1 Å². The van der Waals surface area contributed by atoms with Crippen LogP contribution in [0.5, 0.6) is 0 Å². The highest BCUT2D eigenvalue weighted by Gasteiger charge is 2.09. The van der Waals surface area contributed by atoms with Gasteiger partial charge in [-0.15, -0.1) is 11.3 Å². The molecule has 0 radical (unpaired) electrons. The first-order valence-corrected chi connectivity index (χ1v) is 4.80. The second-order valence-corrected chi connectivity index (χ2v) is 3.96. The third-order valence-electron chi connectivity index (χ3n) is 1.95. The highest BCUT2D eigenvalue weighted by atomic mass is 32.1. The first-order chi connectivity index (χ1) is 6.76. The number of thiophene rings is 1. The largest absolute Gasteiger partial charge is 0.391 e. The second-order valence-electron chi connectivity index (χ2n) is 2.83. The molecule has 0 saturated carbocycles. The number of aliphatic hydroxyl groups is 1. The summed E-state index contributed by atoms with van der Waals surface area (Å²) in [7, 11) is 0. The quantitative estimate of drug-likeness (QED) is 0.780. The minimum Gasteiger partial charge on any atom is -0.391 e. The van der Waals surface area contributed by atoms with Gasteiger partial charge in [0.05, 0.1) is 16.9 Å². The lowest BCUT2D eigenvalue weighted by molar-refractivity contribution is 0.285. The zero-order valence-corrected chi connectivity index (χ0v) is 7.94. The summed E-state index contributed by atoms with van der Waals surface area (Å²) < 4.78 is 14.0. The summed E-state index contributed by atoms with van der Waals surface area (Å²) in [5.41, 5.74) is 0.0452. The molecule has 1 heterocycles. The van der Waals surface area contributed by atoms with E-state index in [-0.39, 0.29) is 12.2 Å². The molecule has 0 amide bonds. The molecule has 14 heavy (non-hydrogen) atoms. The van der Waals surface area contributed by atoms with E-state index in [0.717, 1.165) is 5.39 Å². The number of fused-ring (bicyclic) bond motifs is 1. The van der Waals surface area contributed by atoms with Crippen LogP contribution < -0.4 is 0 Å². The van der Waals surface area contributed by atoms with Crippen LogP contribution in [0.15, 0.2) is 18.2 Å². The zero-order valence-electron chi connectivity index (χ0n) is 7.12. The Morgan fingerprint density at radius 3 is 2.93 bits per heavy atom. The lowest BCUT2D eigenvalue weighted by Crippen LogP contribution is -1.81. The predicted octanol–water partition coefficient (Wildman–Crippen LogP) is 2.40. The lowest BCUT2D eigenvalue weighted by Gasteiger charge is -1.93. The summed E-state index contributed by atoms with van der Waals surface area (Å²) in [6, 6.07) is 6.65. The minimum atomic E-state index is -0.491. The monoisotopic (exact) mass is 207 g/mol. The first-order valence-electron chi connectivity index (χ1n) is 3.98. The molecule has 0 aliphatic rings. The van der Waals surface area contributed by atoms with Crippen LogP contribution in [-0.2, 0) is 6.61 Å². The molecule has 4 heteroatoms. The van der Waals surface area contributed by atoms with Gasteiger partial charge in [0.2, 0.25) is 0 Å². The molecule has 1 aromatic carbocycles. The van der Waals surface area contributed by atoms with Crippen molar-refractivity contribution in [3.8, 4) is 6.07 Å². The molecule has 70 valence electrons. The van der Waals surface area contributed by atoms with Crippen LogP contribution in [0.2, 0.25) is 0 Å². The van der Waals surface area contributed by atoms with Crippen molar-refractivity contribution in [1.29, 1.82) is 5.26 Å². The molecule has 0 aliphatic carbocycles. The Hall–Kier alpha value is -1.44. The molecule has 0 bridgehead atoms. The fourth-order valence-electron chi connectivity index (χ4n) is 1.29. The number of rotatable bonds is 1. The van der Waals surface area contributed by atoms with E-state index in [1.165, 1.54) is 17.4 Å². The van der Waals surface area contributed by atoms with E-state index in [4.69, 9.17) is 10.4 Å². The van der Waals surface area contributed by atoms with Crippen molar-refractivity contribution in [2.75, 3.05) is 0 Å². The van der Waals surface area contributed by atoms with Gasteiger partial charge in [0.25, 0.3) is 0 Å². The Balaban J connectivity index is 2.76. The second kappa shape index (κ2) is 3.37. The van der Waals surface area contributed by atoms with Crippen LogP contribution >= 0.6 is 11.3 Å². The van der Waals surface area contributed by atoms with Gasteiger partial charge in [-0.2, -0.15) is 5.26 Å². The topological polar surface area (TPSA) is 44.0 Å². The van der Waals surface area contributed by atoms with Gasteiger partial charge in [-0.1, -0.05) is 6.07 Å². The standard InChI is InChI=1S/C10H6FNOS/c11-9-7(4-12)2-1-6-3-8(5-13)14-10(6)9/h1-3,13H,5H2. The number of nitriles is 1. The maximum absolute atomic E-state index is 13.5. The Morgan fingerprint density at radius 1 is 1.50 bits per heavy atom. The minimum absolute atomic E-state index is 0.0452. The van der Waals surface area contributed by atoms with Gasteiger partial charge in [0, 0.05) is 4.88 Å². The molecule has 0 atom stereocenters. The van der Waals surface area contributed by atoms with Gasteiger partial charge in [-0.05, 0) is 17.5 Å². The molecule has 1 aromatic heterocycles. The molecule has 0 fully saturated rings. The normalized spacial score (nSPS) is 10.4. The van der Waals surface area contributed by atoms with Gasteiger partial charge in [0.1, 0.15) is 6.07 Å². The maximum atomic E-state index is 13.5. The number of halogens is 1. The average Bonchev–Trinajstić information content (AvgIpc) is 2.62. The highest BCUT2D eigenvalue weighted by molar-refractivity contribution is 7.19. The summed E-state index contributed by atoms with van der Waals surface area (Å²) in [4.78, 5) is 0.703. The Morgan fingerprint density at radius 2 is 2.29 bits per heavy atom. The van der Waals surface area contributed by atoms with Crippen molar-refractivity contribution in [3.63, 3.8) is 0 Å². The van der Waals surface area contributed by atoms with E-state index in [1.54, 1.807) is 18.2 Å². The number of benzene rings is 1. The van der Waals surface area contributed by atoms with Crippen LogP contribution in [0.4, 0.5) is 4.39 Å².